The second kappa shape index (κ2) is 5.77. The van der Waals surface area contributed by atoms with E-state index >= 15 is 0 Å². The number of benzene rings is 1. The molecule has 0 saturated heterocycles. The van der Waals surface area contributed by atoms with Crippen LogP contribution < -0.4 is 5.32 Å². The summed E-state index contributed by atoms with van der Waals surface area (Å²) in [6, 6.07) is 14.1. The van der Waals surface area contributed by atoms with Gasteiger partial charge in [-0.2, -0.15) is 0 Å². The maximum absolute atomic E-state index is 6.18. The summed E-state index contributed by atoms with van der Waals surface area (Å²) in [5.74, 6) is 1.57. The topological polar surface area (TPSA) is 40.7 Å². The first-order valence-electron chi connectivity index (χ1n) is 6.30. The van der Waals surface area contributed by atoms with Gasteiger partial charge < -0.3 is 10.3 Å². The third-order valence-electron chi connectivity index (χ3n) is 3.04. The van der Waals surface area contributed by atoms with Crippen molar-refractivity contribution in [2.24, 2.45) is 0 Å². The van der Waals surface area contributed by atoms with Crippen molar-refractivity contribution in [3.8, 4) is 0 Å². The molecule has 0 radical (unpaired) electrons. The number of hydrogen-bond acceptors (Lipinski definition) is 3. The van der Waals surface area contributed by atoms with E-state index in [1.165, 1.54) is 5.39 Å². The second-order valence-electron chi connectivity index (χ2n) is 4.38. The van der Waals surface area contributed by atoms with E-state index in [1.807, 2.05) is 31.3 Å². The van der Waals surface area contributed by atoms with Gasteiger partial charge in [0.15, 0.2) is 0 Å². The van der Waals surface area contributed by atoms with Crippen molar-refractivity contribution in [3.05, 3.63) is 53.2 Å². The van der Waals surface area contributed by atoms with Crippen LogP contribution in [0.1, 0.15) is 5.69 Å². The van der Waals surface area contributed by atoms with Gasteiger partial charge in [-0.25, -0.2) is 4.98 Å². The molecule has 0 bridgehead atoms. The normalized spacial score (nSPS) is 10.9. The number of anilines is 1. The quantitative estimate of drug-likeness (QED) is 0.695. The molecule has 2 heterocycles. The molecule has 0 amide bonds. The Morgan fingerprint density at radius 2 is 2.10 bits per heavy atom. The Bertz CT molecular complexity index is 706. The average molecular weight is 304 g/mol. The Balaban J connectivity index is 1.79. The predicted octanol–water partition coefficient (Wildman–Crippen LogP) is 4.55. The van der Waals surface area contributed by atoms with Crippen molar-refractivity contribution >= 4 is 40.1 Å². The van der Waals surface area contributed by atoms with Crippen LogP contribution in [0.4, 0.5) is 5.82 Å². The largest absolute Gasteiger partial charge is 0.373 e. The van der Waals surface area contributed by atoms with Crippen molar-refractivity contribution < 1.29 is 0 Å². The number of rotatable bonds is 4. The summed E-state index contributed by atoms with van der Waals surface area (Å²) < 4.78 is 0. The molecule has 0 aliphatic rings. The highest BCUT2D eigenvalue weighted by Gasteiger charge is 2.06. The van der Waals surface area contributed by atoms with E-state index in [1.54, 1.807) is 11.8 Å². The molecule has 3 aromatic rings. The summed E-state index contributed by atoms with van der Waals surface area (Å²) in [5, 5.41) is 6.07. The zero-order valence-electron chi connectivity index (χ0n) is 11.0. The van der Waals surface area contributed by atoms with Crippen LogP contribution in [0.3, 0.4) is 0 Å². The zero-order chi connectivity index (χ0) is 13.9. The van der Waals surface area contributed by atoms with E-state index in [-0.39, 0.29) is 0 Å². The van der Waals surface area contributed by atoms with E-state index in [0.717, 1.165) is 27.8 Å². The lowest BCUT2D eigenvalue weighted by molar-refractivity contribution is 1.15. The third-order valence-corrected chi connectivity index (χ3v) is 4.34. The van der Waals surface area contributed by atoms with Crippen molar-refractivity contribution in [1.82, 2.24) is 9.97 Å². The van der Waals surface area contributed by atoms with Gasteiger partial charge in [-0.05, 0) is 24.3 Å². The second-order valence-corrected chi connectivity index (χ2v) is 5.81. The van der Waals surface area contributed by atoms with Crippen molar-refractivity contribution in [2.75, 3.05) is 12.4 Å². The Morgan fingerprint density at radius 3 is 2.90 bits per heavy atom. The molecule has 0 aliphatic carbocycles. The molecular weight excluding hydrogens is 290 g/mol. The van der Waals surface area contributed by atoms with E-state index < -0.39 is 0 Å². The number of H-pyrrole nitrogens is 1. The van der Waals surface area contributed by atoms with E-state index in [9.17, 15) is 0 Å². The fraction of sp³-hybridized carbons (Fsp3) is 0.133. The highest BCUT2D eigenvalue weighted by molar-refractivity contribution is 7.98. The molecule has 2 N–H and O–H groups in total. The molecule has 20 heavy (non-hydrogen) atoms. The molecule has 3 nitrogen and oxygen atoms in total. The van der Waals surface area contributed by atoms with E-state index in [2.05, 4.69) is 33.5 Å². The number of halogens is 1. The fourth-order valence-corrected chi connectivity index (χ4v) is 3.15. The SMILES string of the molecule is CNc1ccc(Cl)c(CSc2cc3ccccc3[nH]2)n1. The van der Waals surface area contributed by atoms with E-state index in [0.29, 0.717) is 5.02 Å². The van der Waals surface area contributed by atoms with Crippen LogP contribution in [0.15, 0.2) is 47.5 Å². The molecule has 0 saturated carbocycles. The first-order valence-corrected chi connectivity index (χ1v) is 7.66. The van der Waals surface area contributed by atoms with Crippen LogP contribution in [0.25, 0.3) is 10.9 Å². The monoisotopic (exact) mass is 303 g/mol. The number of aromatic nitrogens is 2. The molecule has 2 aromatic heterocycles. The van der Waals surface area contributed by atoms with Gasteiger partial charge in [-0.15, -0.1) is 11.8 Å². The summed E-state index contributed by atoms with van der Waals surface area (Å²) in [7, 11) is 1.85. The summed E-state index contributed by atoms with van der Waals surface area (Å²) in [6.07, 6.45) is 0. The molecule has 0 spiro atoms. The Hall–Kier alpha value is -1.65. The number of para-hydroxylation sites is 1. The average Bonchev–Trinajstić information content (AvgIpc) is 2.89. The number of nitrogens with one attached hydrogen (secondary N) is 2. The van der Waals surface area contributed by atoms with Gasteiger partial charge in [-0.1, -0.05) is 29.8 Å². The zero-order valence-corrected chi connectivity index (χ0v) is 12.6. The number of fused-ring (bicyclic) bond motifs is 1. The lowest BCUT2D eigenvalue weighted by Crippen LogP contribution is -1.96. The Kier molecular flexibility index (Phi) is 3.85. The molecular formula is C15H14ClN3S. The van der Waals surface area contributed by atoms with Gasteiger partial charge in [0.05, 0.1) is 15.7 Å². The summed E-state index contributed by atoms with van der Waals surface area (Å²) in [4.78, 5) is 7.87. The van der Waals surface area contributed by atoms with E-state index in [4.69, 9.17) is 11.6 Å². The lowest BCUT2D eigenvalue weighted by atomic mass is 10.3. The molecule has 0 aliphatic heterocycles. The maximum atomic E-state index is 6.18. The minimum Gasteiger partial charge on any atom is -0.373 e. The van der Waals surface area contributed by atoms with Gasteiger partial charge in [-0.3, -0.25) is 0 Å². The number of pyridine rings is 1. The highest BCUT2D eigenvalue weighted by Crippen LogP contribution is 2.28. The fourth-order valence-electron chi connectivity index (χ4n) is 2.00. The number of nitrogens with zero attached hydrogens (tertiary/aromatic N) is 1. The predicted molar refractivity (Wildman–Crippen MR) is 86.7 cm³/mol. The van der Waals surface area contributed by atoms with Crippen LogP contribution in [-0.2, 0) is 5.75 Å². The van der Waals surface area contributed by atoms with Crippen LogP contribution >= 0.6 is 23.4 Å². The van der Waals surface area contributed by atoms with Crippen LogP contribution in [-0.4, -0.2) is 17.0 Å². The standard InChI is InChI=1S/C15H14ClN3S/c1-17-14-7-6-11(16)13(18-14)9-20-15-8-10-4-2-3-5-12(10)19-15/h2-8,19H,9H2,1H3,(H,17,18). The summed E-state index contributed by atoms with van der Waals surface area (Å²) in [5.41, 5.74) is 2.04. The molecule has 0 atom stereocenters. The third kappa shape index (κ3) is 2.76. The Labute approximate surface area is 126 Å². The van der Waals surface area contributed by atoms with Gasteiger partial charge >= 0.3 is 0 Å². The minimum atomic E-state index is 0.701. The minimum absolute atomic E-state index is 0.701. The van der Waals surface area contributed by atoms with Crippen LogP contribution in [0.5, 0.6) is 0 Å². The van der Waals surface area contributed by atoms with Gasteiger partial charge in [0.1, 0.15) is 5.82 Å². The van der Waals surface area contributed by atoms with Crippen molar-refractivity contribution in [2.45, 2.75) is 10.8 Å². The first kappa shape index (κ1) is 13.3. The molecule has 3 rings (SSSR count). The molecule has 0 fully saturated rings. The van der Waals surface area contributed by atoms with Gasteiger partial charge in [0, 0.05) is 23.7 Å². The molecule has 102 valence electrons. The number of aromatic amines is 1. The first-order chi connectivity index (χ1) is 9.76. The Morgan fingerprint density at radius 1 is 1.25 bits per heavy atom. The molecule has 0 unspecified atom stereocenters. The van der Waals surface area contributed by atoms with Crippen molar-refractivity contribution in [1.29, 1.82) is 0 Å². The lowest BCUT2D eigenvalue weighted by Gasteiger charge is -2.05. The van der Waals surface area contributed by atoms with Crippen molar-refractivity contribution in [3.63, 3.8) is 0 Å². The van der Waals surface area contributed by atoms with Gasteiger partial charge in [0.25, 0.3) is 0 Å². The highest BCUT2D eigenvalue weighted by atomic mass is 35.5. The molecule has 5 heteroatoms. The summed E-state index contributed by atoms with van der Waals surface area (Å²) >= 11 is 7.89. The van der Waals surface area contributed by atoms with Crippen LogP contribution in [0, 0.1) is 0 Å². The number of thioether (sulfide) groups is 1. The summed E-state index contributed by atoms with van der Waals surface area (Å²) in [6.45, 7) is 0. The number of hydrogen-bond donors (Lipinski definition) is 2. The van der Waals surface area contributed by atoms with Gasteiger partial charge in [0.2, 0.25) is 0 Å². The molecule has 1 aromatic carbocycles. The van der Waals surface area contributed by atoms with Crippen LogP contribution in [0.2, 0.25) is 5.02 Å². The smallest absolute Gasteiger partial charge is 0.126 e. The maximum Gasteiger partial charge on any atom is 0.126 e.